The Balaban J connectivity index is 1.66. The van der Waals surface area contributed by atoms with Crippen molar-refractivity contribution in [2.24, 2.45) is 0 Å². The van der Waals surface area contributed by atoms with Crippen LogP contribution in [0.4, 0.5) is 5.13 Å². The summed E-state index contributed by atoms with van der Waals surface area (Å²) in [6.07, 6.45) is 5.10. The van der Waals surface area contributed by atoms with Crippen molar-refractivity contribution in [2.75, 3.05) is 31.7 Å². The first-order valence-corrected chi connectivity index (χ1v) is 8.48. The number of anilines is 1. The van der Waals surface area contributed by atoms with Crippen LogP contribution in [0.1, 0.15) is 29.6 Å². The van der Waals surface area contributed by atoms with Crippen LogP contribution in [0.2, 0.25) is 0 Å². The van der Waals surface area contributed by atoms with Gasteiger partial charge < -0.3 is 9.64 Å². The monoisotopic (exact) mass is 310 g/mol. The molecule has 1 fully saturated rings. The molecule has 108 valence electrons. The number of nitrogens with zero attached hydrogens (tertiary/aromatic N) is 4. The predicted molar refractivity (Wildman–Crippen MR) is 81.8 cm³/mol. The van der Waals surface area contributed by atoms with E-state index >= 15 is 0 Å². The first-order chi connectivity index (χ1) is 9.86. The summed E-state index contributed by atoms with van der Waals surface area (Å²) < 4.78 is 9.48. The Kier molecular flexibility index (Phi) is 4.59. The van der Waals surface area contributed by atoms with Gasteiger partial charge in [-0.25, -0.2) is 9.97 Å². The van der Waals surface area contributed by atoms with Crippen LogP contribution in [-0.2, 0) is 11.2 Å². The van der Waals surface area contributed by atoms with E-state index in [0.717, 1.165) is 30.5 Å². The molecule has 1 aliphatic rings. The van der Waals surface area contributed by atoms with Gasteiger partial charge in [-0.3, -0.25) is 0 Å². The predicted octanol–water partition coefficient (Wildman–Crippen LogP) is 2.57. The van der Waals surface area contributed by atoms with Gasteiger partial charge in [-0.05, 0) is 12.8 Å². The first kappa shape index (κ1) is 13.9. The van der Waals surface area contributed by atoms with Gasteiger partial charge in [0.05, 0.1) is 11.6 Å². The Morgan fingerprint density at radius 3 is 3.25 bits per heavy atom. The second-order valence-electron chi connectivity index (χ2n) is 4.89. The summed E-state index contributed by atoms with van der Waals surface area (Å²) in [4.78, 5) is 11.4. The normalized spacial score (nSPS) is 19.4. The minimum Gasteiger partial charge on any atom is -0.384 e. The molecule has 7 heteroatoms. The van der Waals surface area contributed by atoms with Gasteiger partial charge in [-0.15, -0.1) is 11.3 Å². The van der Waals surface area contributed by atoms with E-state index in [1.807, 2.05) is 6.20 Å². The zero-order valence-electron chi connectivity index (χ0n) is 11.5. The van der Waals surface area contributed by atoms with E-state index in [4.69, 9.17) is 4.74 Å². The van der Waals surface area contributed by atoms with Gasteiger partial charge in [0.25, 0.3) is 0 Å². The summed E-state index contributed by atoms with van der Waals surface area (Å²) in [6, 6.07) is 0. The van der Waals surface area contributed by atoms with Gasteiger partial charge in [0.15, 0.2) is 0 Å². The average Bonchev–Trinajstić information content (AvgIpc) is 3.17. The molecule has 5 nitrogen and oxygen atoms in total. The van der Waals surface area contributed by atoms with Crippen LogP contribution in [0.25, 0.3) is 0 Å². The maximum absolute atomic E-state index is 5.07. The van der Waals surface area contributed by atoms with Crippen LogP contribution in [0.3, 0.4) is 0 Å². The smallest absolute Gasteiger partial charge is 0.205 e. The topological polar surface area (TPSA) is 51.1 Å². The van der Waals surface area contributed by atoms with Crippen LogP contribution < -0.4 is 4.90 Å². The van der Waals surface area contributed by atoms with Crippen molar-refractivity contribution in [3.8, 4) is 0 Å². The number of methoxy groups -OCH3 is 1. The standard InChI is InChI=1S/C13H18N4OS2/c1-18-7-4-11-15-13(20-16-11)17-6-2-3-10(9-17)12-14-5-8-19-12/h5,8,10H,2-4,6-7,9H2,1H3/t10-/m1/s1. The van der Waals surface area contributed by atoms with Gasteiger partial charge in [0, 0.05) is 55.6 Å². The molecular weight excluding hydrogens is 292 g/mol. The number of rotatable bonds is 5. The van der Waals surface area contributed by atoms with Crippen molar-refractivity contribution in [3.05, 3.63) is 22.4 Å². The fraction of sp³-hybridized carbons (Fsp3) is 0.615. The SMILES string of the molecule is COCCc1nsc(N2CCC[C@@H](c3nccs3)C2)n1. The Labute approximate surface area is 126 Å². The molecule has 1 saturated heterocycles. The van der Waals surface area contributed by atoms with E-state index < -0.39 is 0 Å². The van der Waals surface area contributed by atoms with Crippen LogP contribution in [0, 0.1) is 0 Å². The lowest BCUT2D eigenvalue weighted by atomic mass is 9.99. The third kappa shape index (κ3) is 3.16. The highest BCUT2D eigenvalue weighted by Crippen LogP contribution is 2.31. The minimum absolute atomic E-state index is 0.537. The molecule has 0 unspecified atom stereocenters. The Morgan fingerprint density at radius 2 is 2.45 bits per heavy atom. The van der Waals surface area contributed by atoms with E-state index in [1.165, 1.54) is 29.4 Å². The second-order valence-corrected chi connectivity index (χ2v) is 6.55. The third-order valence-electron chi connectivity index (χ3n) is 3.48. The summed E-state index contributed by atoms with van der Waals surface area (Å²) in [5.41, 5.74) is 0. The first-order valence-electron chi connectivity index (χ1n) is 6.82. The lowest BCUT2D eigenvalue weighted by Gasteiger charge is -2.31. The molecule has 3 rings (SSSR count). The molecule has 0 aliphatic carbocycles. The van der Waals surface area contributed by atoms with Crippen molar-refractivity contribution in [2.45, 2.75) is 25.2 Å². The molecule has 0 aromatic carbocycles. The molecule has 0 saturated carbocycles. The van der Waals surface area contributed by atoms with Crippen LogP contribution >= 0.6 is 22.9 Å². The molecule has 1 atom stereocenters. The van der Waals surface area contributed by atoms with E-state index in [-0.39, 0.29) is 0 Å². The lowest BCUT2D eigenvalue weighted by molar-refractivity contribution is 0.201. The number of aromatic nitrogens is 3. The van der Waals surface area contributed by atoms with Crippen molar-refractivity contribution >= 4 is 28.0 Å². The van der Waals surface area contributed by atoms with Gasteiger partial charge in [-0.1, -0.05) is 0 Å². The molecule has 2 aromatic heterocycles. The highest BCUT2D eigenvalue weighted by molar-refractivity contribution is 7.10. The number of ether oxygens (including phenoxy) is 1. The Morgan fingerprint density at radius 1 is 1.50 bits per heavy atom. The van der Waals surface area contributed by atoms with E-state index in [2.05, 4.69) is 24.6 Å². The van der Waals surface area contributed by atoms with Crippen molar-refractivity contribution in [1.29, 1.82) is 0 Å². The van der Waals surface area contributed by atoms with Gasteiger partial charge in [0.1, 0.15) is 5.82 Å². The third-order valence-corrected chi connectivity index (χ3v) is 5.23. The fourth-order valence-electron chi connectivity index (χ4n) is 2.46. The Hall–Kier alpha value is -1.05. The van der Waals surface area contributed by atoms with Crippen LogP contribution in [0.15, 0.2) is 11.6 Å². The maximum atomic E-state index is 5.07. The molecule has 0 bridgehead atoms. The van der Waals surface area contributed by atoms with Gasteiger partial charge >= 0.3 is 0 Å². The van der Waals surface area contributed by atoms with Crippen molar-refractivity contribution in [3.63, 3.8) is 0 Å². The zero-order chi connectivity index (χ0) is 13.8. The largest absolute Gasteiger partial charge is 0.384 e. The molecule has 0 spiro atoms. The number of piperidine rings is 1. The molecule has 1 aliphatic heterocycles. The molecule has 3 heterocycles. The van der Waals surface area contributed by atoms with Crippen LogP contribution in [0.5, 0.6) is 0 Å². The highest BCUT2D eigenvalue weighted by Gasteiger charge is 2.25. The zero-order valence-corrected chi connectivity index (χ0v) is 13.1. The summed E-state index contributed by atoms with van der Waals surface area (Å²) in [6.45, 7) is 2.76. The van der Waals surface area contributed by atoms with E-state index in [0.29, 0.717) is 12.5 Å². The minimum atomic E-state index is 0.537. The molecule has 0 amide bonds. The fourth-order valence-corrected chi connectivity index (χ4v) is 3.97. The molecule has 0 radical (unpaired) electrons. The Bertz CT molecular complexity index is 528. The van der Waals surface area contributed by atoms with Crippen LogP contribution in [-0.4, -0.2) is 41.1 Å². The average molecular weight is 310 g/mol. The van der Waals surface area contributed by atoms with Gasteiger partial charge in [-0.2, -0.15) is 4.37 Å². The molecule has 2 aromatic rings. The summed E-state index contributed by atoms with van der Waals surface area (Å²) in [7, 11) is 1.70. The van der Waals surface area contributed by atoms with E-state index in [1.54, 1.807) is 18.4 Å². The summed E-state index contributed by atoms with van der Waals surface area (Å²) >= 11 is 3.25. The number of thiazole rings is 1. The summed E-state index contributed by atoms with van der Waals surface area (Å²) in [5.74, 6) is 1.43. The number of hydrogen-bond acceptors (Lipinski definition) is 7. The number of hydrogen-bond donors (Lipinski definition) is 0. The maximum Gasteiger partial charge on any atom is 0.205 e. The van der Waals surface area contributed by atoms with Crippen molar-refractivity contribution in [1.82, 2.24) is 14.3 Å². The van der Waals surface area contributed by atoms with Gasteiger partial charge in [0.2, 0.25) is 5.13 Å². The second kappa shape index (κ2) is 6.60. The molecular formula is C13H18N4OS2. The molecule has 0 N–H and O–H groups in total. The lowest BCUT2D eigenvalue weighted by Crippen LogP contribution is -2.34. The summed E-state index contributed by atoms with van der Waals surface area (Å²) in [5, 5.41) is 4.35. The highest BCUT2D eigenvalue weighted by atomic mass is 32.1. The van der Waals surface area contributed by atoms with E-state index in [9.17, 15) is 0 Å². The van der Waals surface area contributed by atoms with Crippen molar-refractivity contribution < 1.29 is 4.74 Å². The molecule has 20 heavy (non-hydrogen) atoms. The quantitative estimate of drug-likeness (QED) is 0.849.